The van der Waals surface area contributed by atoms with Crippen LogP contribution in [0.1, 0.15) is 57.8 Å². The fourth-order valence-corrected chi connectivity index (χ4v) is 4.21. The molecule has 1 heterocycles. The van der Waals surface area contributed by atoms with E-state index in [-0.39, 0.29) is 18.4 Å². The predicted molar refractivity (Wildman–Crippen MR) is 133 cm³/mol. The fraction of sp³-hybridized carbons (Fsp3) is 0.818. The summed E-state index contributed by atoms with van der Waals surface area (Å²) in [5, 5.41) is 20.7. The molecule has 1 saturated heterocycles. The Balaban J connectivity index is 2.88. The molecule has 9 N–H and O–H groups in total. The molecule has 0 spiro atoms. The monoisotopic (exact) mass is 502 g/mol. The molecular formula is C22H42N6O5S. The number of nitrogens with two attached hydrogens (primary N) is 2. The first-order chi connectivity index (χ1) is 16.3. The zero-order valence-corrected chi connectivity index (χ0v) is 21.0. The van der Waals surface area contributed by atoms with Gasteiger partial charge in [-0.25, -0.2) is 4.79 Å². The number of amides is 3. The Kier molecular flexibility index (Phi) is 15.5. The maximum absolute atomic E-state index is 13.1. The molecule has 1 aliphatic rings. The highest BCUT2D eigenvalue weighted by Gasteiger charge is 2.31. The number of unbranched alkanes of at least 4 members (excludes halogenated alkanes) is 2. The Hall–Kier alpha value is -1.89. The van der Waals surface area contributed by atoms with Crippen molar-refractivity contribution in [2.45, 2.75) is 82.0 Å². The van der Waals surface area contributed by atoms with Gasteiger partial charge in [-0.3, -0.25) is 14.4 Å². The van der Waals surface area contributed by atoms with Crippen molar-refractivity contribution in [2.75, 3.05) is 31.6 Å². The molecule has 196 valence electrons. The lowest BCUT2D eigenvalue weighted by Crippen LogP contribution is -2.57. The number of carboxylic acid groups (broad SMARTS) is 1. The third-order valence-corrected chi connectivity index (χ3v) is 6.41. The molecule has 1 rings (SSSR count). The van der Waals surface area contributed by atoms with Crippen molar-refractivity contribution in [3.8, 4) is 0 Å². The number of carboxylic acids is 1. The zero-order chi connectivity index (χ0) is 25.3. The summed E-state index contributed by atoms with van der Waals surface area (Å²) in [6.45, 7) is 1.68. The van der Waals surface area contributed by atoms with E-state index in [9.17, 15) is 24.3 Å². The van der Waals surface area contributed by atoms with E-state index < -0.39 is 35.9 Å². The maximum Gasteiger partial charge on any atom is 0.326 e. The minimum absolute atomic E-state index is 0.238. The first kappa shape index (κ1) is 30.1. The second-order valence-electron chi connectivity index (χ2n) is 8.52. The number of nitrogens with one attached hydrogen (secondary N) is 4. The molecule has 1 aliphatic heterocycles. The molecule has 4 atom stereocenters. The molecule has 4 unspecified atom stereocenters. The van der Waals surface area contributed by atoms with Crippen LogP contribution in [0.25, 0.3) is 0 Å². The van der Waals surface area contributed by atoms with Crippen LogP contribution in [0.4, 0.5) is 0 Å². The number of carbonyl (C=O) groups excluding carboxylic acids is 3. The van der Waals surface area contributed by atoms with Gasteiger partial charge in [-0.05, 0) is 89.4 Å². The summed E-state index contributed by atoms with van der Waals surface area (Å²) >= 11 is 1.49. The quantitative estimate of drug-likeness (QED) is 0.119. The Morgan fingerprint density at radius 3 is 1.94 bits per heavy atom. The molecular weight excluding hydrogens is 460 g/mol. The number of hydrogen-bond acceptors (Lipinski definition) is 8. The van der Waals surface area contributed by atoms with Crippen LogP contribution >= 0.6 is 11.8 Å². The molecule has 0 radical (unpaired) electrons. The molecule has 0 aliphatic carbocycles. The largest absolute Gasteiger partial charge is 0.480 e. The van der Waals surface area contributed by atoms with E-state index in [4.69, 9.17) is 11.5 Å². The molecule has 0 aromatic carbocycles. The minimum atomic E-state index is -1.12. The summed E-state index contributed by atoms with van der Waals surface area (Å²) in [4.78, 5) is 50.2. The van der Waals surface area contributed by atoms with Crippen LogP contribution < -0.4 is 32.7 Å². The topological polar surface area (TPSA) is 189 Å². The Labute approximate surface area is 206 Å². The molecule has 0 aromatic rings. The van der Waals surface area contributed by atoms with Crippen molar-refractivity contribution in [2.24, 2.45) is 11.5 Å². The van der Waals surface area contributed by atoms with E-state index in [2.05, 4.69) is 21.3 Å². The lowest BCUT2D eigenvalue weighted by atomic mass is 10.0. The second-order valence-corrected chi connectivity index (χ2v) is 9.51. The third-order valence-electron chi connectivity index (χ3n) is 5.76. The highest BCUT2D eigenvalue weighted by atomic mass is 32.2. The lowest BCUT2D eigenvalue weighted by Gasteiger charge is -2.25. The first-order valence-electron chi connectivity index (χ1n) is 12.1. The lowest BCUT2D eigenvalue weighted by molar-refractivity contribution is -0.142. The number of rotatable bonds is 18. The van der Waals surface area contributed by atoms with Crippen LogP contribution in [-0.2, 0) is 19.2 Å². The van der Waals surface area contributed by atoms with Crippen LogP contribution in [0.3, 0.4) is 0 Å². The Morgan fingerprint density at radius 1 is 0.912 bits per heavy atom. The van der Waals surface area contributed by atoms with Gasteiger partial charge < -0.3 is 37.8 Å². The normalized spacial score (nSPS) is 18.0. The maximum atomic E-state index is 13.1. The average molecular weight is 503 g/mol. The third kappa shape index (κ3) is 11.5. The number of aliphatic carboxylic acids is 1. The summed E-state index contributed by atoms with van der Waals surface area (Å²) in [5.74, 6) is -1.80. The average Bonchev–Trinajstić information content (AvgIpc) is 3.35. The molecule has 0 aromatic heterocycles. The summed E-state index contributed by atoms with van der Waals surface area (Å²) in [5.41, 5.74) is 11.1. The molecule has 11 nitrogen and oxygen atoms in total. The van der Waals surface area contributed by atoms with Crippen LogP contribution in [-0.4, -0.2) is 84.6 Å². The Morgan fingerprint density at radius 2 is 1.47 bits per heavy atom. The van der Waals surface area contributed by atoms with Gasteiger partial charge in [0.25, 0.3) is 0 Å². The number of hydrogen-bond donors (Lipinski definition) is 7. The minimum Gasteiger partial charge on any atom is -0.480 e. The van der Waals surface area contributed by atoms with E-state index in [1.165, 1.54) is 11.8 Å². The van der Waals surface area contributed by atoms with Gasteiger partial charge in [0.05, 0.1) is 6.04 Å². The molecule has 12 heteroatoms. The second kappa shape index (κ2) is 17.5. The van der Waals surface area contributed by atoms with E-state index in [1.54, 1.807) is 0 Å². The van der Waals surface area contributed by atoms with Crippen molar-refractivity contribution in [3.63, 3.8) is 0 Å². The molecule has 0 saturated carbocycles. The van der Waals surface area contributed by atoms with Gasteiger partial charge in [-0.2, -0.15) is 11.8 Å². The van der Waals surface area contributed by atoms with Gasteiger partial charge in [-0.15, -0.1) is 0 Å². The van der Waals surface area contributed by atoms with Crippen LogP contribution in [0, 0.1) is 0 Å². The first-order valence-corrected chi connectivity index (χ1v) is 13.5. The summed E-state index contributed by atoms with van der Waals surface area (Å²) < 4.78 is 0. The van der Waals surface area contributed by atoms with Gasteiger partial charge in [0.2, 0.25) is 17.7 Å². The number of carbonyl (C=O) groups is 4. The smallest absolute Gasteiger partial charge is 0.326 e. The van der Waals surface area contributed by atoms with Crippen molar-refractivity contribution in [3.05, 3.63) is 0 Å². The molecule has 0 bridgehead atoms. The van der Waals surface area contributed by atoms with E-state index in [1.807, 2.05) is 6.26 Å². The fourth-order valence-electron chi connectivity index (χ4n) is 3.74. The molecule has 34 heavy (non-hydrogen) atoms. The summed E-state index contributed by atoms with van der Waals surface area (Å²) in [7, 11) is 0. The number of thioether (sulfide) groups is 1. The molecule has 1 fully saturated rings. The van der Waals surface area contributed by atoms with Crippen molar-refractivity contribution >= 4 is 35.5 Å². The predicted octanol–water partition coefficient (Wildman–Crippen LogP) is -0.711. The standard InChI is InChI=1S/C22H42N6O5S/c1-34-14-10-18(22(32)33)28-21(31)17(8-3-5-12-24)27-20(30)16(7-2-4-11-23)26-19(29)15-9-6-13-25-15/h15-18,25H,2-14,23-24H2,1H3,(H,26,29)(H,27,30)(H,28,31)(H,32,33). The van der Waals surface area contributed by atoms with E-state index >= 15 is 0 Å². The summed E-state index contributed by atoms with van der Waals surface area (Å²) in [6, 6.07) is -3.10. The van der Waals surface area contributed by atoms with Crippen LogP contribution in [0.2, 0.25) is 0 Å². The van der Waals surface area contributed by atoms with Crippen LogP contribution in [0.15, 0.2) is 0 Å². The van der Waals surface area contributed by atoms with E-state index in [0.29, 0.717) is 63.8 Å². The van der Waals surface area contributed by atoms with Crippen molar-refractivity contribution in [1.29, 1.82) is 0 Å². The van der Waals surface area contributed by atoms with Gasteiger partial charge in [0.1, 0.15) is 18.1 Å². The van der Waals surface area contributed by atoms with Gasteiger partial charge in [-0.1, -0.05) is 0 Å². The SMILES string of the molecule is CSCCC(NC(=O)C(CCCCN)NC(=O)C(CCCCN)NC(=O)C1CCCN1)C(=O)O. The molecule has 3 amide bonds. The van der Waals surface area contributed by atoms with Gasteiger partial charge >= 0.3 is 5.97 Å². The Bertz CT molecular complexity index is 647. The zero-order valence-electron chi connectivity index (χ0n) is 20.1. The van der Waals surface area contributed by atoms with Crippen LogP contribution in [0.5, 0.6) is 0 Å². The van der Waals surface area contributed by atoms with Crippen molar-refractivity contribution < 1.29 is 24.3 Å². The van der Waals surface area contributed by atoms with Gasteiger partial charge in [0.15, 0.2) is 0 Å². The van der Waals surface area contributed by atoms with E-state index in [0.717, 1.165) is 13.0 Å². The van der Waals surface area contributed by atoms with Crippen molar-refractivity contribution in [1.82, 2.24) is 21.3 Å². The summed E-state index contributed by atoms with van der Waals surface area (Å²) in [6.07, 6.45) is 7.05. The highest BCUT2D eigenvalue weighted by Crippen LogP contribution is 2.09. The van der Waals surface area contributed by atoms with Gasteiger partial charge in [0, 0.05) is 0 Å². The highest BCUT2D eigenvalue weighted by molar-refractivity contribution is 7.98.